The second kappa shape index (κ2) is 11.3. The highest BCUT2D eigenvalue weighted by Crippen LogP contribution is 2.32. The molecule has 4 aromatic rings. The van der Waals surface area contributed by atoms with Crippen LogP contribution in [0.4, 0.5) is 0 Å². The molecule has 0 spiro atoms. The Morgan fingerprint density at radius 2 is 1.69 bits per heavy atom. The third-order valence-corrected chi connectivity index (χ3v) is 5.82. The fourth-order valence-electron chi connectivity index (χ4n) is 3.21. The molecule has 9 heteroatoms. The topological polar surface area (TPSA) is 107 Å². The van der Waals surface area contributed by atoms with Crippen LogP contribution in [0.25, 0.3) is 17.5 Å². The van der Waals surface area contributed by atoms with Gasteiger partial charge >= 0.3 is 5.97 Å². The maximum Gasteiger partial charge on any atom is 0.342 e. The van der Waals surface area contributed by atoms with Crippen LogP contribution in [0.1, 0.15) is 11.1 Å². The van der Waals surface area contributed by atoms with Crippen LogP contribution < -0.4 is 14.2 Å². The molecule has 0 aliphatic rings. The number of aromatic nitrogens is 3. The summed E-state index contributed by atoms with van der Waals surface area (Å²) < 4.78 is 16.6. The molecule has 35 heavy (non-hydrogen) atoms. The maximum absolute atomic E-state index is 12.0. The Hall–Kier alpha value is -4.24. The summed E-state index contributed by atoms with van der Waals surface area (Å²) in [6, 6.07) is 22.3. The number of ether oxygens (including phenoxy) is 3. The van der Waals surface area contributed by atoms with Crippen LogP contribution in [0.3, 0.4) is 0 Å². The van der Waals surface area contributed by atoms with Crippen LogP contribution >= 0.6 is 11.8 Å². The molecule has 0 fully saturated rings. The Labute approximate surface area is 206 Å². The number of carboxylic acid groups (broad SMARTS) is 1. The average Bonchev–Trinajstić information content (AvgIpc) is 3.36. The van der Waals surface area contributed by atoms with Crippen LogP contribution in [0, 0.1) is 0 Å². The molecular weight excluding hydrogens is 466 g/mol. The van der Waals surface area contributed by atoms with Crippen molar-refractivity contribution >= 4 is 23.8 Å². The molecule has 0 amide bonds. The summed E-state index contributed by atoms with van der Waals surface area (Å²) in [4.78, 5) is 16.5. The number of aliphatic carboxylic acids is 1. The van der Waals surface area contributed by atoms with Gasteiger partial charge in [-0.3, -0.25) is 5.10 Å². The first kappa shape index (κ1) is 23.9. The van der Waals surface area contributed by atoms with Gasteiger partial charge in [-0.1, -0.05) is 48.5 Å². The molecule has 0 radical (unpaired) electrons. The van der Waals surface area contributed by atoms with Gasteiger partial charge in [0.05, 0.1) is 14.2 Å². The van der Waals surface area contributed by atoms with E-state index in [0.717, 1.165) is 17.3 Å². The van der Waals surface area contributed by atoms with Gasteiger partial charge in [0.25, 0.3) is 0 Å². The summed E-state index contributed by atoms with van der Waals surface area (Å²) in [5.41, 5.74) is 2.35. The lowest BCUT2D eigenvalue weighted by molar-refractivity contribution is -0.131. The number of methoxy groups -OCH3 is 2. The number of benzene rings is 3. The standard InChI is InChI=1S/C26H23N3O5S/c1-32-20-12-19(13-21(15-20)33-2)24-27-26(29-28-24)35-23(25(30)31)14-18-10-6-7-11-22(18)34-16-17-8-4-3-5-9-17/h3-15H,16H2,1-2H3,(H,30,31)(H,27,28,29)/b23-14-. The van der Waals surface area contributed by atoms with Gasteiger partial charge in [-0.15, -0.1) is 5.10 Å². The summed E-state index contributed by atoms with van der Waals surface area (Å²) in [5, 5.41) is 17.1. The summed E-state index contributed by atoms with van der Waals surface area (Å²) in [7, 11) is 3.12. The molecule has 0 aliphatic carbocycles. The van der Waals surface area contributed by atoms with E-state index in [1.54, 1.807) is 50.6 Å². The first-order chi connectivity index (χ1) is 17.1. The Kier molecular flexibility index (Phi) is 7.69. The second-order valence-electron chi connectivity index (χ2n) is 7.30. The van der Waals surface area contributed by atoms with Gasteiger partial charge in [-0.05, 0) is 41.6 Å². The predicted molar refractivity (Wildman–Crippen MR) is 134 cm³/mol. The van der Waals surface area contributed by atoms with Gasteiger partial charge in [-0.25, -0.2) is 9.78 Å². The molecule has 1 heterocycles. The first-order valence-electron chi connectivity index (χ1n) is 10.6. The highest BCUT2D eigenvalue weighted by molar-refractivity contribution is 8.04. The van der Waals surface area contributed by atoms with E-state index >= 15 is 0 Å². The molecule has 4 rings (SSSR count). The Morgan fingerprint density at radius 3 is 2.37 bits per heavy atom. The maximum atomic E-state index is 12.0. The zero-order valence-corrected chi connectivity index (χ0v) is 19.9. The van der Waals surface area contributed by atoms with Crippen molar-refractivity contribution in [1.82, 2.24) is 15.2 Å². The van der Waals surface area contributed by atoms with E-state index in [4.69, 9.17) is 14.2 Å². The predicted octanol–water partition coefficient (Wildman–Crippen LogP) is 5.29. The highest BCUT2D eigenvalue weighted by Gasteiger charge is 2.16. The number of hydrogen-bond donors (Lipinski definition) is 2. The van der Waals surface area contributed by atoms with Gasteiger partial charge < -0.3 is 19.3 Å². The Balaban J connectivity index is 1.56. The molecule has 0 saturated heterocycles. The van der Waals surface area contributed by atoms with E-state index in [2.05, 4.69) is 15.2 Å². The van der Waals surface area contributed by atoms with Crippen LogP contribution in [0.5, 0.6) is 17.2 Å². The van der Waals surface area contributed by atoms with Gasteiger partial charge in [0.1, 0.15) is 28.8 Å². The van der Waals surface area contributed by atoms with E-state index < -0.39 is 5.97 Å². The number of nitrogens with one attached hydrogen (secondary N) is 1. The van der Waals surface area contributed by atoms with E-state index in [1.807, 2.05) is 42.5 Å². The lowest BCUT2D eigenvalue weighted by Crippen LogP contribution is -1.99. The molecule has 0 atom stereocenters. The number of H-pyrrole nitrogens is 1. The lowest BCUT2D eigenvalue weighted by atomic mass is 10.2. The van der Waals surface area contributed by atoms with Gasteiger partial charge in [0.15, 0.2) is 5.82 Å². The summed E-state index contributed by atoms with van der Waals surface area (Å²) in [6.45, 7) is 0.371. The number of aromatic amines is 1. The van der Waals surface area contributed by atoms with E-state index in [9.17, 15) is 9.90 Å². The molecule has 0 saturated carbocycles. The van der Waals surface area contributed by atoms with Crippen LogP contribution in [0.2, 0.25) is 0 Å². The van der Waals surface area contributed by atoms with Crippen molar-refractivity contribution in [3.05, 3.63) is 88.8 Å². The molecule has 0 aliphatic heterocycles. The first-order valence-corrected chi connectivity index (χ1v) is 11.4. The van der Waals surface area contributed by atoms with Crippen LogP contribution in [-0.4, -0.2) is 40.5 Å². The van der Waals surface area contributed by atoms with Crippen molar-refractivity contribution in [2.45, 2.75) is 11.8 Å². The van der Waals surface area contributed by atoms with E-state index in [1.165, 1.54) is 0 Å². The zero-order chi connectivity index (χ0) is 24.6. The number of rotatable bonds is 10. The van der Waals surface area contributed by atoms with Crippen LogP contribution in [-0.2, 0) is 11.4 Å². The van der Waals surface area contributed by atoms with Crippen molar-refractivity contribution < 1.29 is 24.1 Å². The lowest BCUT2D eigenvalue weighted by Gasteiger charge is -2.10. The van der Waals surface area contributed by atoms with Crippen molar-refractivity contribution in [1.29, 1.82) is 0 Å². The number of thioether (sulfide) groups is 1. The van der Waals surface area contributed by atoms with Crippen molar-refractivity contribution in [2.75, 3.05) is 14.2 Å². The van der Waals surface area contributed by atoms with E-state index in [0.29, 0.717) is 40.8 Å². The number of hydrogen-bond acceptors (Lipinski definition) is 7. The smallest absolute Gasteiger partial charge is 0.342 e. The zero-order valence-electron chi connectivity index (χ0n) is 19.1. The highest BCUT2D eigenvalue weighted by atomic mass is 32.2. The molecule has 0 bridgehead atoms. The summed E-state index contributed by atoms with van der Waals surface area (Å²) >= 11 is 0.940. The normalized spacial score (nSPS) is 11.2. The molecule has 1 aromatic heterocycles. The van der Waals surface area contributed by atoms with Crippen molar-refractivity contribution in [2.24, 2.45) is 0 Å². The monoisotopic (exact) mass is 489 g/mol. The Bertz CT molecular complexity index is 1320. The number of para-hydroxylation sites is 1. The second-order valence-corrected chi connectivity index (χ2v) is 8.30. The van der Waals surface area contributed by atoms with Gasteiger partial charge in [0.2, 0.25) is 5.16 Å². The molecule has 0 unspecified atom stereocenters. The number of nitrogens with zero attached hydrogens (tertiary/aromatic N) is 2. The van der Waals surface area contributed by atoms with Gasteiger partial charge in [0, 0.05) is 17.2 Å². The minimum atomic E-state index is -1.10. The van der Waals surface area contributed by atoms with Crippen molar-refractivity contribution in [3.63, 3.8) is 0 Å². The molecule has 2 N–H and O–H groups in total. The number of carboxylic acids is 1. The average molecular weight is 490 g/mol. The molecule has 3 aromatic carbocycles. The van der Waals surface area contributed by atoms with Crippen molar-refractivity contribution in [3.8, 4) is 28.6 Å². The molecular formula is C26H23N3O5S. The Morgan fingerprint density at radius 1 is 1.00 bits per heavy atom. The minimum absolute atomic E-state index is 0.0505. The SMILES string of the molecule is COc1cc(OC)cc(-c2nc(S/C(=C\c3ccccc3OCc3ccccc3)C(=O)O)n[nH]2)c1. The molecule has 8 nitrogen and oxygen atoms in total. The summed E-state index contributed by atoms with van der Waals surface area (Å²) in [6.07, 6.45) is 1.55. The minimum Gasteiger partial charge on any atom is -0.497 e. The van der Waals surface area contributed by atoms with Gasteiger partial charge in [-0.2, -0.15) is 0 Å². The van der Waals surface area contributed by atoms with E-state index in [-0.39, 0.29) is 10.1 Å². The molecule has 178 valence electrons. The third-order valence-electron chi connectivity index (χ3n) is 4.94. The summed E-state index contributed by atoms with van der Waals surface area (Å²) in [5.74, 6) is 1.14. The largest absolute Gasteiger partial charge is 0.497 e. The third kappa shape index (κ3) is 6.21. The van der Waals surface area contributed by atoms with Crippen LogP contribution in [0.15, 0.2) is 82.9 Å². The fraction of sp³-hybridized carbons (Fsp3) is 0.115. The quantitative estimate of drug-likeness (QED) is 0.229. The fourth-order valence-corrected chi connectivity index (χ4v) is 3.90. The number of carbonyl (C=O) groups is 1.